The summed E-state index contributed by atoms with van der Waals surface area (Å²) in [6, 6.07) is 15.1. The first-order chi connectivity index (χ1) is 17.7. The maximum Gasteiger partial charge on any atom is 0.265 e. The van der Waals surface area contributed by atoms with E-state index in [1.54, 1.807) is 36.4 Å². The van der Waals surface area contributed by atoms with Gasteiger partial charge in [-0.05, 0) is 55.0 Å². The second-order valence-electron chi connectivity index (χ2n) is 8.89. The molecule has 3 aromatic carbocycles. The molecule has 1 heterocycles. The molecule has 0 bridgehead atoms. The Bertz CT molecular complexity index is 1440. The van der Waals surface area contributed by atoms with Crippen molar-refractivity contribution in [2.45, 2.75) is 50.6 Å². The SMILES string of the molecule is CCNC(=O)[C@H](CC)N(Cc1ccc(Cl)cc1Cl)C(=O)CCCN1c2cccc3cccc(c23)S1(=O)=O. The van der Waals surface area contributed by atoms with Gasteiger partial charge in [0, 0.05) is 41.5 Å². The number of halogens is 2. The Labute approximate surface area is 227 Å². The number of hydrogen-bond donors (Lipinski definition) is 1. The molecule has 7 nitrogen and oxygen atoms in total. The van der Waals surface area contributed by atoms with E-state index in [-0.39, 0.29) is 36.2 Å². The highest BCUT2D eigenvalue weighted by atomic mass is 35.5. The molecule has 0 aliphatic carbocycles. The zero-order valence-electron chi connectivity index (χ0n) is 20.7. The third-order valence-corrected chi connectivity index (χ3v) is 8.97. The highest BCUT2D eigenvalue weighted by molar-refractivity contribution is 7.93. The maximum atomic E-state index is 13.5. The van der Waals surface area contributed by atoms with E-state index in [9.17, 15) is 18.0 Å². The van der Waals surface area contributed by atoms with Gasteiger partial charge in [0.25, 0.3) is 10.0 Å². The quantitative estimate of drug-likeness (QED) is 0.360. The van der Waals surface area contributed by atoms with Crippen molar-refractivity contribution >= 4 is 61.5 Å². The fraction of sp³-hybridized carbons (Fsp3) is 0.333. The van der Waals surface area contributed by atoms with Crippen LogP contribution in [0.3, 0.4) is 0 Å². The number of rotatable bonds is 10. The lowest BCUT2D eigenvalue weighted by molar-refractivity contribution is -0.141. The molecule has 37 heavy (non-hydrogen) atoms. The van der Waals surface area contributed by atoms with Crippen LogP contribution in [0.4, 0.5) is 5.69 Å². The Morgan fingerprint density at radius 1 is 1.05 bits per heavy atom. The highest BCUT2D eigenvalue weighted by Gasteiger charge is 2.35. The lowest BCUT2D eigenvalue weighted by Gasteiger charge is -2.31. The zero-order valence-corrected chi connectivity index (χ0v) is 23.0. The molecule has 0 saturated carbocycles. The van der Waals surface area contributed by atoms with E-state index in [0.29, 0.717) is 46.1 Å². The molecule has 0 saturated heterocycles. The van der Waals surface area contributed by atoms with E-state index in [1.165, 1.54) is 9.21 Å². The van der Waals surface area contributed by atoms with Crippen LogP contribution in [0.5, 0.6) is 0 Å². The van der Waals surface area contributed by atoms with Crippen molar-refractivity contribution in [1.82, 2.24) is 10.2 Å². The molecule has 0 aromatic heterocycles. The van der Waals surface area contributed by atoms with Gasteiger partial charge in [-0.2, -0.15) is 0 Å². The molecule has 0 unspecified atom stereocenters. The number of anilines is 1. The second kappa shape index (κ2) is 11.3. The number of likely N-dealkylation sites (N-methyl/N-ethyl adjacent to an activating group) is 1. The summed E-state index contributed by atoms with van der Waals surface area (Å²) in [6.07, 6.45) is 0.777. The van der Waals surface area contributed by atoms with Gasteiger partial charge in [0.2, 0.25) is 11.8 Å². The van der Waals surface area contributed by atoms with Crippen molar-refractivity contribution in [3.8, 4) is 0 Å². The number of nitrogens with zero attached hydrogens (tertiary/aromatic N) is 2. The monoisotopic (exact) mass is 561 g/mol. The fourth-order valence-electron chi connectivity index (χ4n) is 4.76. The maximum absolute atomic E-state index is 13.5. The molecule has 1 aliphatic heterocycles. The second-order valence-corrected chi connectivity index (χ2v) is 11.6. The van der Waals surface area contributed by atoms with E-state index < -0.39 is 16.1 Å². The van der Waals surface area contributed by atoms with Gasteiger partial charge < -0.3 is 10.2 Å². The lowest BCUT2D eigenvalue weighted by atomic mass is 10.1. The Kier molecular flexibility index (Phi) is 8.31. The van der Waals surface area contributed by atoms with Crippen LogP contribution in [-0.4, -0.2) is 44.3 Å². The minimum atomic E-state index is -3.70. The molecule has 4 rings (SSSR count). The van der Waals surface area contributed by atoms with Gasteiger partial charge in [-0.25, -0.2) is 8.42 Å². The minimum Gasteiger partial charge on any atom is -0.355 e. The van der Waals surface area contributed by atoms with Gasteiger partial charge in [0.1, 0.15) is 6.04 Å². The molecular formula is C27H29Cl2N3O4S. The standard InChI is InChI=1S/C27H29Cl2N3O4S/c1-3-22(27(34)30-4-2)31(17-19-13-14-20(28)16-21(19)29)25(33)12-7-15-32-23-10-5-8-18-9-6-11-24(26(18)23)37(32,35)36/h5-6,8-11,13-14,16,22H,3-4,7,12,15,17H2,1-2H3,(H,30,34)/t22-/m0/s1. The number of carbonyl (C=O) groups excluding carboxylic acids is 2. The molecule has 3 aromatic rings. The smallest absolute Gasteiger partial charge is 0.265 e. The predicted molar refractivity (Wildman–Crippen MR) is 147 cm³/mol. The highest BCUT2D eigenvalue weighted by Crippen LogP contribution is 2.42. The number of benzene rings is 3. The summed E-state index contributed by atoms with van der Waals surface area (Å²) in [5, 5.41) is 5.25. The van der Waals surface area contributed by atoms with E-state index in [0.717, 1.165) is 5.39 Å². The van der Waals surface area contributed by atoms with Crippen LogP contribution in [0.1, 0.15) is 38.7 Å². The number of amides is 2. The van der Waals surface area contributed by atoms with Crippen molar-refractivity contribution in [3.63, 3.8) is 0 Å². The topological polar surface area (TPSA) is 86.8 Å². The molecule has 10 heteroatoms. The van der Waals surface area contributed by atoms with Crippen molar-refractivity contribution in [2.75, 3.05) is 17.4 Å². The average Bonchev–Trinajstić information content (AvgIpc) is 3.08. The number of nitrogens with one attached hydrogen (secondary N) is 1. The Morgan fingerprint density at radius 2 is 1.78 bits per heavy atom. The molecular weight excluding hydrogens is 533 g/mol. The van der Waals surface area contributed by atoms with Crippen molar-refractivity contribution in [1.29, 1.82) is 0 Å². The van der Waals surface area contributed by atoms with Gasteiger partial charge in [0.15, 0.2) is 0 Å². The zero-order chi connectivity index (χ0) is 26.7. The summed E-state index contributed by atoms with van der Waals surface area (Å²) >= 11 is 12.4. The third-order valence-electron chi connectivity index (χ3n) is 6.53. The average molecular weight is 563 g/mol. The predicted octanol–water partition coefficient (Wildman–Crippen LogP) is 5.38. The number of hydrogen-bond acceptors (Lipinski definition) is 4. The summed E-state index contributed by atoms with van der Waals surface area (Å²) in [7, 11) is -3.70. The van der Waals surface area contributed by atoms with Gasteiger partial charge >= 0.3 is 0 Å². The summed E-state index contributed by atoms with van der Waals surface area (Å²) in [5.41, 5.74) is 1.30. The fourth-order valence-corrected chi connectivity index (χ4v) is 6.98. The summed E-state index contributed by atoms with van der Waals surface area (Å²) in [5.74, 6) is -0.496. The molecule has 0 fully saturated rings. The van der Waals surface area contributed by atoms with Crippen LogP contribution in [0.25, 0.3) is 10.8 Å². The van der Waals surface area contributed by atoms with Crippen LogP contribution in [0, 0.1) is 0 Å². The minimum absolute atomic E-state index is 0.0689. The van der Waals surface area contributed by atoms with Crippen LogP contribution in [0.15, 0.2) is 59.5 Å². The third kappa shape index (κ3) is 5.42. The van der Waals surface area contributed by atoms with Gasteiger partial charge in [-0.15, -0.1) is 0 Å². The van der Waals surface area contributed by atoms with Gasteiger partial charge in [0.05, 0.1) is 10.6 Å². The van der Waals surface area contributed by atoms with E-state index in [4.69, 9.17) is 23.2 Å². The van der Waals surface area contributed by atoms with Crippen molar-refractivity contribution < 1.29 is 18.0 Å². The molecule has 0 radical (unpaired) electrons. The first-order valence-electron chi connectivity index (χ1n) is 12.2. The first-order valence-corrected chi connectivity index (χ1v) is 14.4. The Morgan fingerprint density at radius 3 is 2.46 bits per heavy atom. The van der Waals surface area contributed by atoms with E-state index in [2.05, 4.69) is 5.32 Å². The van der Waals surface area contributed by atoms with Crippen LogP contribution in [0.2, 0.25) is 10.0 Å². The normalized spacial score (nSPS) is 14.5. The van der Waals surface area contributed by atoms with Crippen molar-refractivity contribution in [2.24, 2.45) is 0 Å². The molecule has 0 spiro atoms. The van der Waals surface area contributed by atoms with Crippen LogP contribution in [-0.2, 0) is 26.2 Å². The molecule has 1 atom stereocenters. The number of sulfonamides is 1. The molecule has 2 amide bonds. The van der Waals surface area contributed by atoms with Gasteiger partial charge in [-0.1, -0.05) is 60.5 Å². The van der Waals surface area contributed by atoms with Crippen LogP contribution < -0.4 is 9.62 Å². The summed E-state index contributed by atoms with van der Waals surface area (Å²) in [4.78, 5) is 28.1. The lowest BCUT2D eigenvalue weighted by Crippen LogP contribution is -2.49. The Balaban J connectivity index is 1.53. The van der Waals surface area contributed by atoms with E-state index >= 15 is 0 Å². The Hall–Kier alpha value is -2.81. The van der Waals surface area contributed by atoms with Gasteiger partial charge in [-0.3, -0.25) is 13.9 Å². The van der Waals surface area contributed by atoms with Crippen molar-refractivity contribution in [3.05, 3.63) is 70.2 Å². The molecule has 1 N–H and O–H groups in total. The molecule has 1 aliphatic rings. The summed E-state index contributed by atoms with van der Waals surface area (Å²) in [6.45, 7) is 4.39. The number of carbonyl (C=O) groups is 2. The molecule has 196 valence electrons. The van der Waals surface area contributed by atoms with Crippen LogP contribution >= 0.6 is 23.2 Å². The summed E-state index contributed by atoms with van der Waals surface area (Å²) < 4.78 is 27.9. The largest absolute Gasteiger partial charge is 0.355 e. The van der Waals surface area contributed by atoms with E-state index in [1.807, 2.05) is 32.0 Å². The first kappa shape index (κ1) is 27.2.